The van der Waals surface area contributed by atoms with Crippen LogP contribution in [-0.2, 0) is 23.0 Å². The van der Waals surface area contributed by atoms with E-state index >= 15 is 0 Å². The first-order valence-electron chi connectivity index (χ1n) is 7.25. The molecule has 0 bridgehead atoms. The van der Waals surface area contributed by atoms with Crippen molar-refractivity contribution in [3.8, 4) is 11.8 Å². The van der Waals surface area contributed by atoms with Gasteiger partial charge in [-0.3, -0.25) is 4.79 Å². The van der Waals surface area contributed by atoms with E-state index in [-0.39, 0.29) is 29.3 Å². The van der Waals surface area contributed by atoms with Gasteiger partial charge in [0.1, 0.15) is 10.6 Å². The first-order chi connectivity index (χ1) is 11.5. The summed E-state index contributed by atoms with van der Waals surface area (Å²) in [6.45, 7) is 0.291. The van der Waals surface area contributed by atoms with Crippen LogP contribution in [0.1, 0.15) is 16.7 Å². The molecule has 0 saturated heterocycles. The normalized spacial score (nSPS) is 14.7. The number of fused-ring (bicyclic) bond motifs is 1. The number of hydrogen-bond donors (Lipinski definition) is 1. The van der Waals surface area contributed by atoms with Crippen molar-refractivity contribution in [2.75, 3.05) is 13.7 Å². The molecule has 1 aliphatic heterocycles. The maximum Gasteiger partial charge on any atom is 0.252 e. The molecule has 0 radical (unpaired) electrons. The highest BCUT2D eigenvalue weighted by Crippen LogP contribution is 2.30. The highest BCUT2D eigenvalue weighted by molar-refractivity contribution is 7.89. The lowest BCUT2D eigenvalue weighted by Crippen LogP contribution is -2.38. The van der Waals surface area contributed by atoms with Gasteiger partial charge < -0.3 is 9.72 Å². The van der Waals surface area contributed by atoms with E-state index in [1.54, 1.807) is 12.3 Å². The molecule has 0 unspecified atom stereocenters. The first kappa shape index (κ1) is 16.2. The van der Waals surface area contributed by atoms with Crippen LogP contribution in [0.5, 0.6) is 5.75 Å². The number of ether oxygens (including phenoxy) is 1. The van der Waals surface area contributed by atoms with E-state index in [1.165, 1.54) is 29.6 Å². The largest absolute Gasteiger partial charge is 0.495 e. The molecule has 7 nitrogen and oxygen atoms in total. The van der Waals surface area contributed by atoms with Crippen molar-refractivity contribution in [3.63, 3.8) is 0 Å². The number of H-pyrrole nitrogens is 1. The number of pyridine rings is 1. The lowest BCUT2D eigenvalue weighted by molar-refractivity contribution is 0.376. The number of rotatable bonds is 3. The van der Waals surface area contributed by atoms with Gasteiger partial charge in [0.2, 0.25) is 10.0 Å². The summed E-state index contributed by atoms with van der Waals surface area (Å²) in [4.78, 5) is 14.5. The summed E-state index contributed by atoms with van der Waals surface area (Å²) in [5.74, 6) is 0.113. The minimum atomic E-state index is -3.84. The Labute approximate surface area is 139 Å². The van der Waals surface area contributed by atoms with Crippen molar-refractivity contribution in [1.82, 2.24) is 9.29 Å². The third-order valence-electron chi connectivity index (χ3n) is 4.04. The van der Waals surface area contributed by atoms with Gasteiger partial charge in [-0.2, -0.15) is 9.57 Å². The Hall–Kier alpha value is -2.63. The highest BCUT2D eigenvalue weighted by atomic mass is 32.2. The van der Waals surface area contributed by atoms with E-state index in [0.29, 0.717) is 17.5 Å². The second-order valence-electron chi connectivity index (χ2n) is 5.38. The third kappa shape index (κ3) is 2.68. The molecule has 124 valence electrons. The van der Waals surface area contributed by atoms with Crippen LogP contribution in [-0.4, -0.2) is 31.4 Å². The Balaban J connectivity index is 2.03. The van der Waals surface area contributed by atoms with E-state index in [0.717, 1.165) is 5.56 Å². The summed E-state index contributed by atoms with van der Waals surface area (Å²) in [5, 5.41) is 8.94. The Bertz CT molecular complexity index is 989. The van der Waals surface area contributed by atoms with E-state index in [1.807, 2.05) is 6.07 Å². The van der Waals surface area contributed by atoms with Gasteiger partial charge in [-0.1, -0.05) is 0 Å². The average molecular weight is 345 g/mol. The maximum absolute atomic E-state index is 12.9. The summed E-state index contributed by atoms with van der Waals surface area (Å²) in [7, 11) is -2.49. The molecule has 1 N–H and O–H groups in total. The van der Waals surface area contributed by atoms with Crippen molar-refractivity contribution in [2.45, 2.75) is 17.9 Å². The molecule has 1 aromatic carbocycles. The molecule has 0 fully saturated rings. The van der Waals surface area contributed by atoms with Crippen LogP contribution in [0.15, 0.2) is 40.2 Å². The van der Waals surface area contributed by atoms with E-state index in [4.69, 9.17) is 10.00 Å². The van der Waals surface area contributed by atoms with E-state index in [9.17, 15) is 13.2 Å². The van der Waals surface area contributed by atoms with Gasteiger partial charge in [0.25, 0.3) is 5.56 Å². The summed E-state index contributed by atoms with van der Waals surface area (Å²) in [6.07, 6.45) is 2.03. The second kappa shape index (κ2) is 6.11. The van der Waals surface area contributed by atoms with Gasteiger partial charge in [-0.15, -0.1) is 0 Å². The molecular formula is C16H15N3O4S. The summed E-state index contributed by atoms with van der Waals surface area (Å²) in [6, 6.07) is 7.92. The number of sulfonamides is 1. The minimum absolute atomic E-state index is 0.0109. The Morgan fingerprint density at radius 3 is 2.83 bits per heavy atom. The lowest BCUT2D eigenvalue weighted by atomic mass is 10.0. The summed E-state index contributed by atoms with van der Waals surface area (Å²) >= 11 is 0. The number of hydrogen-bond acceptors (Lipinski definition) is 5. The molecule has 2 heterocycles. The Morgan fingerprint density at radius 2 is 2.12 bits per heavy atom. The van der Waals surface area contributed by atoms with Crippen molar-refractivity contribution < 1.29 is 13.2 Å². The minimum Gasteiger partial charge on any atom is -0.495 e. The molecule has 0 spiro atoms. The van der Waals surface area contributed by atoms with Crippen LogP contribution < -0.4 is 10.3 Å². The fourth-order valence-corrected chi connectivity index (χ4v) is 4.30. The molecule has 2 aromatic rings. The number of nitrogens with zero attached hydrogens (tertiary/aromatic N) is 2. The van der Waals surface area contributed by atoms with Crippen molar-refractivity contribution >= 4 is 10.0 Å². The molecule has 1 aromatic heterocycles. The van der Waals surface area contributed by atoms with E-state index in [2.05, 4.69) is 4.98 Å². The van der Waals surface area contributed by atoms with Gasteiger partial charge in [-0.25, -0.2) is 8.42 Å². The first-order valence-corrected chi connectivity index (χ1v) is 8.69. The van der Waals surface area contributed by atoms with Crippen LogP contribution in [0.4, 0.5) is 0 Å². The number of benzene rings is 1. The van der Waals surface area contributed by atoms with Crippen LogP contribution in [0.2, 0.25) is 0 Å². The monoisotopic (exact) mass is 345 g/mol. The Kier molecular flexibility index (Phi) is 4.13. The van der Waals surface area contributed by atoms with Crippen LogP contribution >= 0.6 is 0 Å². The average Bonchev–Trinajstić information content (AvgIpc) is 2.61. The second-order valence-corrected chi connectivity index (χ2v) is 7.28. The predicted octanol–water partition coefficient (Wildman–Crippen LogP) is 1.00. The molecular weight excluding hydrogens is 330 g/mol. The van der Waals surface area contributed by atoms with Gasteiger partial charge in [-0.05, 0) is 36.2 Å². The van der Waals surface area contributed by atoms with Gasteiger partial charge >= 0.3 is 0 Å². The molecule has 0 amide bonds. The Morgan fingerprint density at radius 1 is 1.33 bits per heavy atom. The van der Waals surface area contributed by atoms with Gasteiger partial charge in [0.05, 0.1) is 18.7 Å². The number of nitriles is 1. The standard InChI is InChI=1S/C16H15N3O4S/c1-23-14-8-11(9-17)2-3-15(14)24(21,22)19-7-5-12-4-6-18-16(20)13(12)10-19/h2-4,6,8H,5,7,10H2,1H3,(H,18,20). The molecule has 24 heavy (non-hydrogen) atoms. The number of aromatic nitrogens is 1. The number of nitrogens with one attached hydrogen (secondary N) is 1. The molecule has 0 saturated carbocycles. The van der Waals surface area contributed by atoms with Crippen molar-refractivity contribution in [2.24, 2.45) is 0 Å². The predicted molar refractivity (Wildman–Crippen MR) is 86.1 cm³/mol. The van der Waals surface area contributed by atoms with Crippen molar-refractivity contribution in [1.29, 1.82) is 5.26 Å². The molecule has 8 heteroatoms. The molecule has 1 aliphatic rings. The smallest absolute Gasteiger partial charge is 0.252 e. The lowest BCUT2D eigenvalue weighted by Gasteiger charge is -2.27. The molecule has 0 atom stereocenters. The van der Waals surface area contributed by atoms with Crippen LogP contribution in [0.3, 0.4) is 0 Å². The molecule has 3 rings (SSSR count). The summed E-state index contributed by atoms with van der Waals surface area (Å²) in [5.41, 5.74) is 1.35. The number of methoxy groups -OCH3 is 1. The van der Waals surface area contributed by atoms with Crippen LogP contribution in [0.25, 0.3) is 0 Å². The number of aromatic amines is 1. The quantitative estimate of drug-likeness (QED) is 0.894. The van der Waals surface area contributed by atoms with Gasteiger partial charge in [0.15, 0.2) is 0 Å². The van der Waals surface area contributed by atoms with E-state index < -0.39 is 10.0 Å². The van der Waals surface area contributed by atoms with Crippen molar-refractivity contribution in [3.05, 3.63) is 57.5 Å². The van der Waals surface area contributed by atoms with Crippen LogP contribution in [0, 0.1) is 11.3 Å². The zero-order chi connectivity index (χ0) is 17.3. The SMILES string of the molecule is COc1cc(C#N)ccc1S(=O)(=O)N1CCc2cc[nH]c(=O)c2C1. The fourth-order valence-electron chi connectivity index (χ4n) is 2.75. The zero-order valence-electron chi connectivity index (χ0n) is 12.9. The maximum atomic E-state index is 12.9. The highest BCUT2D eigenvalue weighted by Gasteiger charge is 2.31. The fraction of sp³-hybridized carbons (Fsp3) is 0.250. The zero-order valence-corrected chi connectivity index (χ0v) is 13.8. The molecule has 0 aliphatic carbocycles. The third-order valence-corrected chi connectivity index (χ3v) is 5.92. The topological polar surface area (TPSA) is 103 Å². The summed E-state index contributed by atoms with van der Waals surface area (Å²) < 4.78 is 32.3. The van der Waals surface area contributed by atoms with Gasteiger partial charge in [0, 0.05) is 24.8 Å².